The van der Waals surface area contributed by atoms with E-state index >= 15 is 0 Å². The zero-order valence-electron chi connectivity index (χ0n) is 15.4. The van der Waals surface area contributed by atoms with E-state index in [1.807, 2.05) is 37.3 Å². The van der Waals surface area contributed by atoms with Gasteiger partial charge < -0.3 is 15.4 Å². The summed E-state index contributed by atoms with van der Waals surface area (Å²) in [7, 11) is 0. The number of nitrogens with one attached hydrogen (secondary N) is 2. The van der Waals surface area contributed by atoms with Crippen molar-refractivity contribution < 1.29 is 14.7 Å². The third-order valence-electron chi connectivity index (χ3n) is 4.33. The molecule has 0 aliphatic carbocycles. The van der Waals surface area contributed by atoms with Gasteiger partial charge in [-0.2, -0.15) is 4.99 Å². The van der Waals surface area contributed by atoms with Crippen molar-refractivity contribution in [2.24, 2.45) is 15.2 Å². The molecule has 0 saturated heterocycles. The van der Waals surface area contributed by atoms with Crippen molar-refractivity contribution in [1.29, 1.82) is 0 Å². The van der Waals surface area contributed by atoms with Gasteiger partial charge in [0, 0.05) is 17.5 Å². The van der Waals surface area contributed by atoms with Crippen LogP contribution in [0.1, 0.15) is 12.0 Å². The van der Waals surface area contributed by atoms with Crippen molar-refractivity contribution in [3.05, 3.63) is 54.1 Å². The molecular formula is C20H17N5O3S. The zero-order valence-corrected chi connectivity index (χ0v) is 16.2. The monoisotopic (exact) mass is 407 g/mol. The molecule has 0 saturated carbocycles. The fourth-order valence-corrected chi connectivity index (χ4v) is 3.74. The number of rotatable bonds is 4. The lowest BCUT2D eigenvalue weighted by Crippen LogP contribution is -2.21. The summed E-state index contributed by atoms with van der Waals surface area (Å²) in [6.45, 7) is 1.96. The third kappa shape index (κ3) is 4.19. The van der Waals surface area contributed by atoms with Gasteiger partial charge in [0.2, 0.25) is 17.0 Å². The Hall–Kier alpha value is -3.46. The van der Waals surface area contributed by atoms with Crippen molar-refractivity contribution in [2.75, 3.05) is 5.32 Å². The highest BCUT2D eigenvalue weighted by atomic mass is 32.2. The molecule has 0 unspecified atom stereocenters. The quantitative estimate of drug-likeness (QED) is 0.559. The van der Waals surface area contributed by atoms with Crippen molar-refractivity contribution in [3.63, 3.8) is 0 Å². The molecule has 2 aromatic carbocycles. The van der Waals surface area contributed by atoms with Gasteiger partial charge in [0.15, 0.2) is 5.69 Å². The molecule has 9 heteroatoms. The number of amides is 2. The van der Waals surface area contributed by atoms with Crippen molar-refractivity contribution >= 4 is 51.0 Å². The van der Waals surface area contributed by atoms with Gasteiger partial charge in [-0.3, -0.25) is 9.59 Å². The van der Waals surface area contributed by atoms with Crippen LogP contribution >= 0.6 is 11.8 Å². The average molecular weight is 407 g/mol. The molecule has 146 valence electrons. The molecule has 0 fully saturated rings. The van der Waals surface area contributed by atoms with E-state index in [-0.39, 0.29) is 29.1 Å². The van der Waals surface area contributed by atoms with Gasteiger partial charge in [-0.15, -0.1) is 10.2 Å². The Morgan fingerprint density at radius 3 is 2.76 bits per heavy atom. The van der Waals surface area contributed by atoms with Crippen LogP contribution in [0.2, 0.25) is 0 Å². The first-order valence-electron chi connectivity index (χ1n) is 8.87. The standard InChI is InChI=1S/C20H17N5O3S/c1-11-6-8-12(9-7-11)21-16(26)10-15-18(27)23-20(29-15)25-24-17-13-4-2-3-5-14(13)22-19(17)28/h2-9,15,22,28H,10H2,1H3,(H,21,26)/t15-/m1/s1. The molecule has 4 rings (SSSR count). The summed E-state index contributed by atoms with van der Waals surface area (Å²) >= 11 is 1.08. The first-order chi connectivity index (χ1) is 14.0. The highest BCUT2D eigenvalue weighted by Crippen LogP contribution is 2.36. The number of aromatic hydroxyl groups is 1. The second kappa shape index (κ2) is 7.88. The second-order valence-corrected chi connectivity index (χ2v) is 7.70. The summed E-state index contributed by atoms with van der Waals surface area (Å²) in [5, 5.41) is 21.0. The fourth-order valence-electron chi connectivity index (χ4n) is 2.87. The van der Waals surface area contributed by atoms with Crippen LogP contribution < -0.4 is 5.32 Å². The lowest BCUT2D eigenvalue weighted by atomic mass is 10.2. The summed E-state index contributed by atoms with van der Waals surface area (Å²) in [6, 6.07) is 14.7. The molecule has 2 heterocycles. The molecular weight excluding hydrogens is 390 g/mol. The predicted molar refractivity (Wildman–Crippen MR) is 113 cm³/mol. The molecule has 29 heavy (non-hydrogen) atoms. The summed E-state index contributed by atoms with van der Waals surface area (Å²) in [6.07, 6.45) is -0.0156. The van der Waals surface area contributed by atoms with Crippen LogP contribution in [-0.4, -0.2) is 32.3 Å². The second-order valence-electron chi connectivity index (χ2n) is 6.53. The highest BCUT2D eigenvalue weighted by Gasteiger charge is 2.31. The summed E-state index contributed by atoms with van der Waals surface area (Å²) in [5.74, 6) is -0.813. The number of amidine groups is 1. The Balaban J connectivity index is 1.40. The number of aryl methyl sites for hydroxylation is 1. The number of carbonyl (C=O) groups is 2. The van der Waals surface area contributed by atoms with Gasteiger partial charge >= 0.3 is 0 Å². The fraction of sp³-hybridized carbons (Fsp3) is 0.150. The van der Waals surface area contributed by atoms with Crippen LogP contribution in [0.4, 0.5) is 11.4 Å². The lowest BCUT2D eigenvalue weighted by molar-refractivity contribution is -0.121. The topological polar surface area (TPSA) is 119 Å². The Kier molecular flexibility index (Phi) is 5.13. The molecule has 1 atom stereocenters. The number of benzene rings is 2. The number of hydrogen-bond acceptors (Lipinski definition) is 6. The minimum atomic E-state index is -0.647. The number of azo groups is 1. The first-order valence-corrected chi connectivity index (χ1v) is 9.74. The summed E-state index contributed by atoms with van der Waals surface area (Å²) in [5.41, 5.74) is 2.76. The molecule has 0 spiro atoms. The Labute approximate surface area is 170 Å². The normalized spacial score (nSPS) is 16.5. The van der Waals surface area contributed by atoms with Crippen molar-refractivity contribution in [1.82, 2.24) is 4.98 Å². The number of H-pyrrole nitrogens is 1. The SMILES string of the molecule is Cc1ccc(NC(=O)C[C@H]2SC(N=Nc3c(O)[nH]c4ccccc34)=NC2=O)cc1. The minimum absolute atomic E-state index is 0.0156. The Bertz CT molecular complexity index is 1150. The smallest absolute Gasteiger partial charge is 0.262 e. The van der Waals surface area contributed by atoms with Gasteiger partial charge in [-0.1, -0.05) is 47.7 Å². The summed E-state index contributed by atoms with van der Waals surface area (Å²) < 4.78 is 0. The average Bonchev–Trinajstić information content (AvgIpc) is 3.20. The van der Waals surface area contributed by atoms with Crippen LogP contribution in [0.15, 0.2) is 63.8 Å². The van der Waals surface area contributed by atoms with Crippen LogP contribution in [0.25, 0.3) is 10.9 Å². The number of anilines is 1. The number of aromatic amines is 1. The number of para-hydroxylation sites is 1. The van der Waals surface area contributed by atoms with Crippen LogP contribution in [0.3, 0.4) is 0 Å². The van der Waals surface area contributed by atoms with E-state index in [0.717, 1.165) is 22.8 Å². The van der Waals surface area contributed by atoms with E-state index in [1.165, 1.54) is 0 Å². The van der Waals surface area contributed by atoms with Crippen molar-refractivity contribution in [2.45, 2.75) is 18.6 Å². The number of nitrogens with zero attached hydrogens (tertiary/aromatic N) is 3. The van der Waals surface area contributed by atoms with Crippen LogP contribution in [0, 0.1) is 6.92 Å². The number of fused-ring (bicyclic) bond motifs is 1. The van der Waals surface area contributed by atoms with E-state index in [9.17, 15) is 14.7 Å². The molecule has 3 N–H and O–H groups in total. The maximum absolute atomic E-state index is 12.2. The molecule has 2 amide bonds. The molecule has 0 bridgehead atoms. The summed E-state index contributed by atoms with van der Waals surface area (Å²) in [4.78, 5) is 31.0. The van der Waals surface area contributed by atoms with E-state index in [4.69, 9.17) is 0 Å². The van der Waals surface area contributed by atoms with Crippen LogP contribution in [0.5, 0.6) is 5.88 Å². The van der Waals surface area contributed by atoms with Gasteiger partial charge in [0.05, 0.1) is 5.52 Å². The molecule has 0 radical (unpaired) electrons. The number of hydrogen-bond donors (Lipinski definition) is 3. The third-order valence-corrected chi connectivity index (χ3v) is 5.37. The number of thioether (sulfide) groups is 1. The van der Waals surface area contributed by atoms with Gasteiger partial charge in [-0.05, 0) is 25.1 Å². The minimum Gasteiger partial charge on any atom is -0.493 e. The zero-order chi connectivity index (χ0) is 20.4. The van der Waals surface area contributed by atoms with Gasteiger partial charge in [0.25, 0.3) is 5.91 Å². The number of aromatic nitrogens is 1. The highest BCUT2D eigenvalue weighted by molar-refractivity contribution is 8.15. The maximum atomic E-state index is 12.2. The molecule has 1 aliphatic rings. The van der Waals surface area contributed by atoms with Gasteiger partial charge in [-0.25, -0.2) is 0 Å². The number of aliphatic imine (C=N–C) groups is 1. The van der Waals surface area contributed by atoms with E-state index in [1.54, 1.807) is 18.2 Å². The number of carbonyl (C=O) groups excluding carboxylic acids is 2. The van der Waals surface area contributed by atoms with E-state index < -0.39 is 11.2 Å². The largest absolute Gasteiger partial charge is 0.493 e. The molecule has 3 aromatic rings. The van der Waals surface area contributed by atoms with E-state index in [2.05, 4.69) is 25.5 Å². The van der Waals surface area contributed by atoms with E-state index in [0.29, 0.717) is 11.1 Å². The lowest BCUT2D eigenvalue weighted by Gasteiger charge is -2.08. The van der Waals surface area contributed by atoms with Gasteiger partial charge in [0.1, 0.15) is 5.25 Å². The Morgan fingerprint density at radius 1 is 1.21 bits per heavy atom. The Morgan fingerprint density at radius 2 is 1.97 bits per heavy atom. The van der Waals surface area contributed by atoms with Crippen LogP contribution in [-0.2, 0) is 9.59 Å². The molecule has 1 aromatic heterocycles. The maximum Gasteiger partial charge on any atom is 0.262 e. The molecule has 8 nitrogen and oxygen atoms in total. The molecule has 1 aliphatic heterocycles. The first kappa shape index (κ1) is 18.9. The van der Waals surface area contributed by atoms with Crippen molar-refractivity contribution in [3.8, 4) is 5.88 Å². The predicted octanol–water partition coefficient (Wildman–Crippen LogP) is 4.29.